The van der Waals surface area contributed by atoms with Crippen LogP contribution in [-0.4, -0.2) is 14.8 Å². The van der Waals surface area contributed by atoms with Gasteiger partial charge >= 0.3 is 6.18 Å². The summed E-state index contributed by atoms with van der Waals surface area (Å²) in [5.41, 5.74) is 4.43. The van der Waals surface area contributed by atoms with Gasteiger partial charge < -0.3 is 5.73 Å². The Morgan fingerprint density at radius 1 is 1.29 bits per heavy atom. The Bertz CT molecular complexity index is 549. The maximum atomic E-state index is 12.5. The van der Waals surface area contributed by atoms with Crippen molar-refractivity contribution in [3.05, 3.63) is 35.1 Å². The summed E-state index contributed by atoms with van der Waals surface area (Å²) in [7, 11) is 0. The lowest BCUT2D eigenvalue weighted by Gasteiger charge is -2.09. The van der Waals surface area contributed by atoms with Gasteiger partial charge in [-0.3, -0.25) is 0 Å². The lowest BCUT2D eigenvalue weighted by Crippen LogP contribution is -2.09. The number of alkyl halides is 3. The van der Waals surface area contributed by atoms with Crippen LogP contribution in [0.4, 0.5) is 19.0 Å². The third-order valence-electron chi connectivity index (χ3n) is 1.94. The van der Waals surface area contributed by atoms with Crippen molar-refractivity contribution in [3.8, 4) is 5.82 Å². The van der Waals surface area contributed by atoms with E-state index in [9.17, 15) is 13.2 Å². The quantitative estimate of drug-likeness (QED) is 0.859. The topological polar surface area (TPSA) is 56.7 Å². The molecular formula is C9H6ClF3N4. The van der Waals surface area contributed by atoms with Gasteiger partial charge in [0, 0.05) is 0 Å². The van der Waals surface area contributed by atoms with Gasteiger partial charge in [-0.1, -0.05) is 11.6 Å². The highest BCUT2D eigenvalue weighted by Crippen LogP contribution is 2.31. The van der Waals surface area contributed by atoms with Crippen LogP contribution in [0.2, 0.25) is 5.02 Å². The van der Waals surface area contributed by atoms with E-state index in [1.54, 1.807) is 0 Å². The van der Waals surface area contributed by atoms with E-state index in [1.165, 1.54) is 12.4 Å². The lowest BCUT2D eigenvalue weighted by atomic mass is 10.2. The first kappa shape index (κ1) is 11.7. The molecule has 0 fully saturated rings. The number of rotatable bonds is 1. The van der Waals surface area contributed by atoms with Crippen LogP contribution in [0.1, 0.15) is 5.56 Å². The highest BCUT2D eigenvalue weighted by atomic mass is 35.5. The van der Waals surface area contributed by atoms with Crippen molar-refractivity contribution in [2.45, 2.75) is 6.18 Å². The molecule has 17 heavy (non-hydrogen) atoms. The minimum Gasteiger partial charge on any atom is -0.384 e. The number of pyridine rings is 1. The molecule has 90 valence electrons. The fraction of sp³-hybridized carbons (Fsp3) is 0.111. The number of nitrogens with two attached hydrogens (primary N) is 1. The van der Waals surface area contributed by atoms with E-state index in [1.807, 2.05) is 0 Å². The van der Waals surface area contributed by atoms with Crippen molar-refractivity contribution in [2.24, 2.45) is 0 Å². The van der Waals surface area contributed by atoms with Crippen LogP contribution in [0, 0.1) is 0 Å². The second kappa shape index (κ2) is 3.92. The summed E-state index contributed by atoms with van der Waals surface area (Å²) in [6.07, 6.45) is -1.86. The van der Waals surface area contributed by atoms with E-state index in [0.717, 1.165) is 16.8 Å². The zero-order chi connectivity index (χ0) is 12.6. The van der Waals surface area contributed by atoms with E-state index in [-0.39, 0.29) is 11.6 Å². The smallest absolute Gasteiger partial charge is 0.384 e. The van der Waals surface area contributed by atoms with Gasteiger partial charge in [0.25, 0.3) is 0 Å². The SMILES string of the molecule is Nc1cc(C(F)(F)F)cc(-n2cc(Cl)cn2)n1. The third kappa shape index (κ3) is 2.50. The summed E-state index contributed by atoms with van der Waals surface area (Å²) in [5, 5.41) is 4.04. The molecular weight excluding hydrogens is 257 g/mol. The Labute approximate surface area is 98.8 Å². The van der Waals surface area contributed by atoms with Gasteiger partial charge in [0.2, 0.25) is 0 Å². The number of anilines is 1. The van der Waals surface area contributed by atoms with Crippen molar-refractivity contribution >= 4 is 17.4 Å². The molecule has 2 rings (SSSR count). The van der Waals surface area contributed by atoms with Crippen molar-refractivity contribution in [2.75, 3.05) is 5.73 Å². The Hall–Kier alpha value is -1.76. The molecule has 0 amide bonds. The minimum absolute atomic E-state index is 0.0378. The Morgan fingerprint density at radius 2 is 2.00 bits per heavy atom. The first-order valence-corrected chi connectivity index (χ1v) is 4.79. The molecule has 0 spiro atoms. The van der Waals surface area contributed by atoms with E-state index in [2.05, 4.69) is 10.1 Å². The third-order valence-corrected chi connectivity index (χ3v) is 2.14. The second-order valence-electron chi connectivity index (χ2n) is 3.24. The monoisotopic (exact) mass is 262 g/mol. The molecule has 0 bridgehead atoms. The molecule has 8 heteroatoms. The Kier molecular flexibility index (Phi) is 2.70. The number of hydrogen-bond acceptors (Lipinski definition) is 3. The van der Waals surface area contributed by atoms with Crippen LogP contribution in [0.25, 0.3) is 5.82 Å². The summed E-state index contributed by atoms with van der Waals surface area (Å²) in [5.74, 6) is -0.273. The molecule has 4 nitrogen and oxygen atoms in total. The Morgan fingerprint density at radius 3 is 2.53 bits per heavy atom. The van der Waals surface area contributed by atoms with Crippen molar-refractivity contribution in [1.29, 1.82) is 0 Å². The summed E-state index contributed by atoms with van der Waals surface area (Å²) in [6, 6.07) is 1.61. The average Bonchev–Trinajstić information content (AvgIpc) is 2.62. The van der Waals surface area contributed by atoms with Crippen LogP contribution in [0.3, 0.4) is 0 Å². The molecule has 0 radical (unpaired) electrons. The largest absolute Gasteiger partial charge is 0.416 e. The maximum absolute atomic E-state index is 12.5. The molecule has 0 saturated carbocycles. The molecule has 0 aliphatic rings. The molecule has 2 aromatic heterocycles. The summed E-state index contributed by atoms with van der Waals surface area (Å²) in [6.45, 7) is 0. The van der Waals surface area contributed by atoms with E-state index < -0.39 is 11.7 Å². The fourth-order valence-electron chi connectivity index (χ4n) is 1.24. The standard InChI is InChI=1S/C9H6ClF3N4/c10-6-3-15-17(4-6)8-2-5(9(11,12)13)1-7(14)16-8/h1-4H,(H2,14,16). The molecule has 0 aromatic carbocycles. The van der Waals surface area contributed by atoms with E-state index >= 15 is 0 Å². The van der Waals surface area contributed by atoms with Crippen LogP contribution in [0.5, 0.6) is 0 Å². The molecule has 0 saturated heterocycles. The van der Waals surface area contributed by atoms with Crippen LogP contribution in [-0.2, 0) is 6.18 Å². The summed E-state index contributed by atoms with van der Waals surface area (Å²) in [4.78, 5) is 3.75. The molecule has 0 aliphatic heterocycles. The normalized spacial score (nSPS) is 11.8. The lowest BCUT2D eigenvalue weighted by molar-refractivity contribution is -0.137. The van der Waals surface area contributed by atoms with Gasteiger partial charge in [-0.2, -0.15) is 18.3 Å². The number of nitrogen functional groups attached to an aromatic ring is 1. The Balaban J connectivity index is 2.52. The molecule has 0 aliphatic carbocycles. The van der Waals surface area contributed by atoms with Crippen molar-refractivity contribution in [1.82, 2.24) is 14.8 Å². The van der Waals surface area contributed by atoms with E-state index in [0.29, 0.717) is 5.02 Å². The number of nitrogens with zero attached hydrogens (tertiary/aromatic N) is 3. The molecule has 2 aromatic rings. The van der Waals surface area contributed by atoms with Gasteiger partial charge in [0.05, 0.1) is 23.0 Å². The zero-order valence-corrected chi connectivity index (χ0v) is 9.00. The van der Waals surface area contributed by atoms with Crippen LogP contribution in [0.15, 0.2) is 24.5 Å². The van der Waals surface area contributed by atoms with E-state index in [4.69, 9.17) is 17.3 Å². The van der Waals surface area contributed by atoms with Gasteiger partial charge in [-0.25, -0.2) is 9.67 Å². The number of halogens is 4. The van der Waals surface area contributed by atoms with Gasteiger partial charge in [-0.05, 0) is 12.1 Å². The first-order chi connectivity index (χ1) is 7.86. The van der Waals surface area contributed by atoms with Gasteiger partial charge in [0.1, 0.15) is 5.82 Å². The van der Waals surface area contributed by atoms with Crippen molar-refractivity contribution in [3.63, 3.8) is 0 Å². The second-order valence-corrected chi connectivity index (χ2v) is 3.68. The van der Waals surface area contributed by atoms with Gasteiger partial charge in [-0.15, -0.1) is 0 Å². The predicted octanol–water partition coefficient (Wildman–Crippen LogP) is 2.52. The average molecular weight is 263 g/mol. The molecule has 2 heterocycles. The highest BCUT2D eigenvalue weighted by molar-refractivity contribution is 6.30. The maximum Gasteiger partial charge on any atom is 0.416 e. The molecule has 0 atom stereocenters. The molecule has 0 unspecified atom stereocenters. The van der Waals surface area contributed by atoms with Gasteiger partial charge in [0.15, 0.2) is 5.82 Å². The molecule has 2 N–H and O–H groups in total. The summed E-state index contributed by atoms with van der Waals surface area (Å²) < 4.78 is 38.7. The highest BCUT2D eigenvalue weighted by Gasteiger charge is 2.31. The number of aromatic nitrogens is 3. The zero-order valence-electron chi connectivity index (χ0n) is 8.24. The van der Waals surface area contributed by atoms with Crippen LogP contribution < -0.4 is 5.73 Å². The minimum atomic E-state index is -4.48. The predicted molar refractivity (Wildman–Crippen MR) is 55.8 cm³/mol. The van der Waals surface area contributed by atoms with Crippen LogP contribution >= 0.6 is 11.6 Å². The fourth-order valence-corrected chi connectivity index (χ4v) is 1.38. The number of hydrogen-bond donors (Lipinski definition) is 1. The van der Waals surface area contributed by atoms with Crippen molar-refractivity contribution < 1.29 is 13.2 Å². The summed E-state index contributed by atoms with van der Waals surface area (Å²) >= 11 is 5.62. The first-order valence-electron chi connectivity index (χ1n) is 4.41.